The molecule has 172 valence electrons. The van der Waals surface area contributed by atoms with Gasteiger partial charge in [-0.2, -0.15) is 0 Å². The maximum atomic E-state index is 13.0. The molecule has 2 heterocycles. The number of anilines is 3. The van der Waals surface area contributed by atoms with Crippen LogP contribution < -0.4 is 26.0 Å². The number of ether oxygens (including phenoxy) is 1. The third-order valence-electron chi connectivity index (χ3n) is 5.71. The van der Waals surface area contributed by atoms with E-state index in [0.717, 1.165) is 30.9 Å². The Kier molecular flexibility index (Phi) is 7.01. The van der Waals surface area contributed by atoms with E-state index in [4.69, 9.17) is 22.1 Å². The second-order valence-corrected chi connectivity index (χ2v) is 8.61. The van der Waals surface area contributed by atoms with E-state index < -0.39 is 0 Å². The standard InChI is InChI=1S/C25H28ClN5O2/c1-16-14-28-9-10-31(16)22-8-4-6-19(12-22)25(32)30-21-7-3-5-18(11-21)17(2)33-23-13-20(26)15-29-24(23)27/h3-8,11-13,15-17,28H,9-10,14H2,1-2H3,(H2,27,29)(H,30,32)/t16-,17?/m1/s1. The molecule has 1 fully saturated rings. The zero-order valence-electron chi connectivity index (χ0n) is 18.7. The number of nitrogen functional groups attached to an aromatic ring is 1. The highest BCUT2D eigenvalue weighted by Crippen LogP contribution is 2.29. The van der Waals surface area contributed by atoms with Gasteiger partial charge in [-0.15, -0.1) is 0 Å². The number of carbonyl (C=O) groups excluding carboxylic acids is 1. The number of hydrogen-bond donors (Lipinski definition) is 3. The maximum Gasteiger partial charge on any atom is 0.255 e. The fourth-order valence-electron chi connectivity index (χ4n) is 3.91. The largest absolute Gasteiger partial charge is 0.482 e. The van der Waals surface area contributed by atoms with Crippen molar-refractivity contribution in [1.82, 2.24) is 10.3 Å². The minimum absolute atomic E-state index is 0.159. The summed E-state index contributed by atoms with van der Waals surface area (Å²) in [5, 5.41) is 6.84. The molecule has 1 unspecified atom stereocenters. The normalized spacial score (nSPS) is 16.8. The highest BCUT2D eigenvalue weighted by atomic mass is 35.5. The maximum absolute atomic E-state index is 13.0. The highest BCUT2D eigenvalue weighted by Gasteiger charge is 2.19. The van der Waals surface area contributed by atoms with E-state index >= 15 is 0 Å². The van der Waals surface area contributed by atoms with E-state index in [9.17, 15) is 4.79 Å². The zero-order valence-corrected chi connectivity index (χ0v) is 19.5. The van der Waals surface area contributed by atoms with Gasteiger partial charge in [0.1, 0.15) is 6.10 Å². The van der Waals surface area contributed by atoms with Gasteiger partial charge in [-0.1, -0.05) is 29.8 Å². The Morgan fingerprint density at radius 3 is 2.91 bits per heavy atom. The van der Waals surface area contributed by atoms with Crippen molar-refractivity contribution in [3.05, 3.63) is 76.9 Å². The fourth-order valence-corrected chi connectivity index (χ4v) is 4.06. The van der Waals surface area contributed by atoms with E-state index in [-0.39, 0.29) is 17.8 Å². The summed E-state index contributed by atoms with van der Waals surface area (Å²) in [5.41, 5.74) is 9.13. The predicted molar refractivity (Wildman–Crippen MR) is 133 cm³/mol. The van der Waals surface area contributed by atoms with E-state index in [1.165, 1.54) is 6.20 Å². The SMILES string of the molecule is CC(Oc1cc(Cl)cnc1N)c1cccc(NC(=O)c2cccc(N3CCNC[C@H]3C)c2)c1. The molecule has 7 nitrogen and oxygen atoms in total. The Balaban J connectivity index is 1.46. The summed E-state index contributed by atoms with van der Waals surface area (Å²) in [6.07, 6.45) is 1.16. The number of pyridine rings is 1. The Morgan fingerprint density at radius 1 is 1.27 bits per heavy atom. The van der Waals surface area contributed by atoms with Crippen molar-refractivity contribution in [2.45, 2.75) is 26.0 Å². The number of hydrogen-bond acceptors (Lipinski definition) is 6. The van der Waals surface area contributed by atoms with Crippen LogP contribution in [0.25, 0.3) is 0 Å². The lowest BCUT2D eigenvalue weighted by Gasteiger charge is -2.36. The third-order valence-corrected chi connectivity index (χ3v) is 5.91. The summed E-state index contributed by atoms with van der Waals surface area (Å²) in [6.45, 7) is 6.87. The van der Waals surface area contributed by atoms with Crippen LogP contribution in [0.4, 0.5) is 17.2 Å². The smallest absolute Gasteiger partial charge is 0.255 e. The molecular formula is C25H28ClN5O2. The summed E-state index contributed by atoms with van der Waals surface area (Å²) in [5.74, 6) is 0.534. The number of rotatable bonds is 6. The minimum atomic E-state index is -0.318. The Hall–Kier alpha value is -3.29. The van der Waals surface area contributed by atoms with Crippen molar-refractivity contribution in [2.24, 2.45) is 0 Å². The second-order valence-electron chi connectivity index (χ2n) is 8.17. The van der Waals surface area contributed by atoms with Crippen molar-refractivity contribution in [3.63, 3.8) is 0 Å². The molecule has 3 aromatic rings. The number of amides is 1. The molecule has 2 atom stereocenters. The van der Waals surface area contributed by atoms with Crippen molar-refractivity contribution in [2.75, 3.05) is 35.6 Å². The molecule has 8 heteroatoms. The Bertz CT molecular complexity index is 1140. The topological polar surface area (TPSA) is 92.5 Å². The number of nitrogens with two attached hydrogens (primary N) is 1. The lowest BCUT2D eigenvalue weighted by Crippen LogP contribution is -2.49. The van der Waals surface area contributed by atoms with Gasteiger partial charge in [0, 0.05) is 54.9 Å². The van der Waals surface area contributed by atoms with Crippen LogP contribution in [0.2, 0.25) is 5.02 Å². The van der Waals surface area contributed by atoms with Crippen LogP contribution in [-0.2, 0) is 0 Å². The molecule has 1 aromatic heterocycles. The molecular weight excluding hydrogens is 438 g/mol. The lowest BCUT2D eigenvalue weighted by molar-refractivity contribution is 0.102. The van der Waals surface area contributed by atoms with Gasteiger partial charge in [0.05, 0.1) is 5.02 Å². The quantitative estimate of drug-likeness (QED) is 0.496. The first-order chi connectivity index (χ1) is 15.9. The number of nitrogens with zero attached hydrogens (tertiary/aromatic N) is 2. The molecule has 0 saturated carbocycles. The van der Waals surface area contributed by atoms with Crippen LogP contribution in [0.3, 0.4) is 0 Å². The van der Waals surface area contributed by atoms with E-state index in [0.29, 0.717) is 28.1 Å². The molecule has 2 aromatic carbocycles. The molecule has 1 aliphatic heterocycles. The minimum Gasteiger partial charge on any atom is -0.482 e. The van der Waals surface area contributed by atoms with Crippen molar-refractivity contribution >= 4 is 34.7 Å². The second kappa shape index (κ2) is 10.1. The Labute approximate surface area is 198 Å². The van der Waals surface area contributed by atoms with E-state index in [1.54, 1.807) is 6.07 Å². The van der Waals surface area contributed by atoms with E-state index in [1.807, 2.05) is 49.4 Å². The first kappa shape index (κ1) is 22.9. The summed E-state index contributed by atoms with van der Waals surface area (Å²) < 4.78 is 5.95. The van der Waals surface area contributed by atoms with Gasteiger partial charge < -0.3 is 26.0 Å². The summed E-state index contributed by atoms with van der Waals surface area (Å²) in [4.78, 5) is 19.3. The highest BCUT2D eigenvalue weighted by molar-refractivity contribution is 6.30. The zero-order chi connectivity index (χ0) is 23.4. The first-order valence-corrected chi connectivity index (χ1v) is 11.3. The number of nitrogens with one attached hydrogen (secondary N) is 2. The molecule has 0 bridgehead atoms. The Morgan fingerprint density at radius 2 is 2.09 bits per heavy atom. The molecule has 33 heavy (non-hydrogen) atoms. The number of carbonyl (C=O) groups is 1. The predicted octanol–water partition coefficient (Wildman–Crippen LogP) is 4.51. The van der Waals surface area contributed by atoms with E-state index in [2.05, 4.69) is 33.5 Å². The molecule has 0 aliphatic carbocycles. The first-order valence-electron chi connectivity index (χ1n) is 11.0. The lowest BCUT2D eigenvalue weighted by atomic mass is 10.1. The molecule has 1 aliphatic rings. The number of aromatic nitrogens is 1. The van der Waals surface area contributed by atoms with Gasteiger partial charge in [0.25, 0.3) is 5.91 Å². The van der Waals surface area contributed by atoms with Crippen molar-refractivity contribution in [1.29, 1.82) is 0 Å². The van der Waals surface area contributed by atoms with Crippen LogP contribution in [0.1, 0.15) is 35.9 Å². The third kappa shape index (κ3) is 5.56. The molecule has 0 spiro atoms. The average Bonchev–Trinajstić information content (AvgIpc) is 2.82. The summed E-state index contributed by atoms with van der Waals surface area (Å²) in [7, 11) is 0. The van der Waals surface area contributed by atoms with Gasteiger partial charge >= 0.3 is 0 Å². The van der Waals surface area contributed by atoms with Crippen LogP contribution >= 0.6 is 11.6 Å². The fraction of sp³-hybridized carbons (Fsp3) is 0.280. The van der Waals surface area contributed by atoms with Gasteiger partial charge in [-0.25, -0.2) is 4.98 Å². The van der Waals surface area contributed by atoms with Gasteiger partial charge in [-0.3, -0.25) is 4.79 Å². The monoisotopic (exact) mass is 465 g/mol. The molecule has 0 radical (unpaired) electrons. The summed E-state index contributed by atoms with van der Waals surface area (Å²) >= 11 is 6.00. The number of benzene rings is 2. The molecule has 4 rings (SSSR count). The van der Waals surface area contributed by atoms with Crippen molar-refractivity contribution < 1.29 is 9.53 Å². The number of piperazine rings is 1. The average molecular weight is 466 g/mol. The van der Waals surface area contributed by atoms with Gasteiger partial charge in [0.2, 0.25) is 0 Å². The number of halogens is 1. The molecule has 1 amide bonds. The summed E-state index contributed by atoms with van der Waals surface area (Å²) in [6, 6.07) is 17.3. The van der Waals surface area contributed by atoms with Crippen LogP contribution in [0.15, 0.2) is 60.8 Å². The van der Waals surface area contributed by atoms with Gasteiger partial charge in [-0.05, 0) is 49.7 Å². The van der Waals surface area contributed by atoms with Crippen molar-refractivity contribution in [3.8, 4) is 5.75 Å². The van der Waals surface area contributed by atoms with Crippen LogP contribution in [0, 0.1) is 0 Å². The molecule has 1 saturated heterocycles. The van der Waals surface area contributed by atoms with Crippen LogP contribution in [0.5, 0.6) is 5.75 Å². The molecule has 4 N–H and O–H groups in total. The van der Waals surface area contributed by atoms with Gasteiger partial charge in [0.15, 0.2) is 11.6 Å². The van der Waals surface area contributed by atoms with Crippen LogP contribution in [-0.4, -0.2) is 36.6 Å².